The minimum atomic E-state index is -3.60. The lowest BCUT2D eigenvalue weighted by atomic mass is 9.86. The zero-order chi connectivity index (χ0) is 20.6. The Hall–Kier alpha value is -1.14. The first kappa shape index (κ1) is 21.1. The second kappa shape index (κ2) is 8.54. The molecule has 4 nitrogen and oxygen atoms in total. The van der Waals surface area contributed by atoms with Gasteiger partial charge in [0.05, 0.1) is 6.26 Å². The van der Waals surface area contributed by atoms with E-state index < -0.39 is 16.2 Å². The molecule has 6 heteroatoms. The summed E-state index contributed by atoms with van der Waals surface area (Å²) in [5.74, 6) is 0.128. The van der Waals surface area contributed by atoms with Gasteiger partial charge in [0.2, 0.25) is 0 Å². The van der Waals surface area contributed by atoms with Crippen LogP contribution in [0.3, 0.4) is 0 Å². The standard InChI is InChI=1S/C23H30ClNO3S/c1-16-15-19(24)10-12-21(16)23(28-29(2,26)27)18-8-6-17(7-9-18)22-13-11-20-5-3-4-14-25(20)22/h6-10,12,16,20,22-23H,3-5,11,13-15H2,1-2H3/t16?,20-,22-,23?/m1/s1. The maximum atomic E-state index is 12.0. The van der Waals surface area contributed by atoms with Gasteiger partial charge in [0, 0.05) is 17.1 Å². The first-order chi connectivity index (χ1) is 13.8. The molecular weight excluding hydrogens is 406 g/mol. The van der Waals surface area contributed by atoms with Gasteiger partial charge >= 0.3 is 0 Å². The SMILES string of the molecule is CC1CC(Cl)=CC=C1C(OS(C)(=O)=O)c1ccc([C@H]2CC[C@H]3CCCCN32)cc1. The molecule has 0 N–H and O–H groups in total. The van der Waals surface area contributed by atoms with E-state index in [-0.39, 0.29) is 5.92 Å². The third-order valence-corrected chi connectivity index (χ3v) is 7.39. The minimum Gasteiger partial charge on any atom is -0.293 e. The highest BCUT2D eigenvalue weighted by Gasteiger charge is 2.35. The van der Waals surface area contributed by atoms with Gasteiger partial charge in [-0.25, -0.2) is 0 Å². The Bertz CT molecular complexity index is 907. The number of piperidine rings is 1. The summed E-state index contributed by atoms with van der Waals surface area (Å²) in [6, 6.07) is 9.61. The molecule has 2 unspecified atom stereocenters. The van der Waals surface area contributed by atoms with Gasteiger partial charge in [-0.1, -0.05) is 55.3 Å². The number of benzene rings is 1. The van der Waals surface area contributed by atoms with Gasteiger partial charge < -0.3 is 0 Å². The second-order valence-corrected chi connectivity index (χ2v) is 10.8. The van der Waals surface area contributed by atoms with Crippen molar-refractivity contribution in [2.45, 2.75) is 63.6 Å². The zero-order valence-corrected chi connectivity index (χ0v) is 18.8. The second-order valence-electron chi connectivity index (χ2n) is 8.71. The predicted molar refractivity (Wildman–Crippen MR) is 117 cm³/mol. The summed E-state index contributed by atoms with van der Waals surface area (Å²) >= 11 is 6.16. The van der Waals surface area contributed by atoms with Crippen LogP contribution in [0.25, 0.3) is 0 Å². The normalized spacial score (nSPS) is 29.1. The Labute approximate surface area is 179 Å². The van der Waals surface area contributed by atoms with E-state index in [1.807, 2.05) is 24.3 Å². The van der Waals surface area contributed by atoms with Crippen molar-refractivity contribution in [3.05, 3.63) is 58.1 Å². The van der Waals surface area contributed by atoms with Gasteiger partial charge in [-0.05, 0) is 67.3 Å². The van der Waals surface area contributed by atoms with Gasteiger partial charge in [-0.3, -0.25) is 9.08 Å². The van der Waals surface area contributed by atoms with Crippen molar-refractivity contribution in [1.29, 1.82) is 0 Å². The lowest BCUT2D eigenvalue weighted by molar-refractivity contribution is 0.150. The molecule has 4 atom stereocenters. The van der Waals surface area contributed by atoms with Crippen LogP contribution in [0.2, 0.25) is 0 Å². The smallest absolute Gasteiger partial charge is 0.265 e. The molecule has 1 aromatic rings. The first-order valence-electron chi connectivity index (χ1n) is 10.6. The molecule has 2 saturated heterocycles. The Morgan fingerprint density at radius 2 is 1.86 bits per heavy atom. The molecule has 2 aliphatic heterocycles. The number of allylic oxidation sites excluding steroid dienone is 3. The van der Waals surface area contributed by atoms with Gasteiger partial charge in [-0.2, -0.15) is 8.42 Å². The molecule has 3 aliphatic rings. The van der Waals surface area contributed by atoms with E-state index in [2.05, 4.69) is 24.0 Å². The van der Waals surface area contributed by atoms with E-state index in [9.17, 15) is 8.42 Å². The third-order valence-electron chi connectivity index (χ3n) is 6.57. The van der Waals surface area contributed by atoms with Crippen LogP contribution in [0.1, 0.15) is 68.7 Å². The Morgan fingerprint density at radius 3 is 2.55 bits per heavy atom. The molecule has 2 fully saturated rings. The third kappa shape index (κ3) is 4.79. The van der Waals surface area contributed by atoms with Crippen LogP contribution in [-0.4, -0.2) is 32.2 Å². The molecular formula is C23H30ClNO3S. The van der Waals surface area contributed by atoms with Crippen molar-refractivity contribution >= 4 is 21.7 Å². The van der Waals surface area contributed by atoms with E-state index in [0.29, 0.717) is 12.5 Å². The van der Waals surface area contributed by atoms with Crippen LogP contribution in [0.15, 0.2) is 47.0 Å². The van der Waals surface area contributed by atoms with Crippen molar-refractivity contribution in [1.82, 2.24) is 4.90 Å². The van der Waals surface area contributed by atoms with Gasteiger partial charge in [0.1, 0.15) is 6.10 Å². The van der Waals surface area contributed by atoms with E-state index in [1.54, 1.807) is 0 Å². The predicted octanol–water partition coefficient (Wildman–Crippen LogP) is 5.48. The molecule has 0 bridgehead atoms. The lowest BCUT2D eigenvalue weighted by Crippen LogP contribution is -2.35. The molecule has 0 radical (unpaired) electrons. The first-order valence-corrected chi connectivity index (χ1v) is 12.8. The van der Waals surface area contributed by atoms with E-state index >= 15 is 0 Å². The molecule has 0 aromatic heterocycles. The molecule has 2 heterocycles. The number of nitrogens with zero attached hydrogens (tertiary/aromatic N) is 1. The molecule has 0 spiro atoms. The number of fused-ring (bicyclic) bond motifs is 1. The number of hydrogen-bond donors (Lipinski definition) is 0. The molecule has 0 amide bonds. The number of rotatable bonds is 5. The highest BCUT2D eigenvalue weighted by Crippen LogP contribution is 2.42. The lowest BCUT2D eigenvalue weighted by Gasteiger charge is -2.34. The van der Waals surface area contributed by atoms with E-state index in [1.165, 1.54) is 44.2 Å². The van der Waals surface area contributed by atoms with Crippen LogP contribution in [0, 0.1) is 5.92 Å². The molecule has 0 saturated carbocycles. The van der Waals surface area contributed by atoms with Crippen molar-refractivity contribution < 1.29 is 12.6 Å². The number of halogens is 1. The Morgan fingerprint density at radius 1 is 1.10 bits per heavy atom. The van der Waals surface area contributed by atoms with Gasteiger partial charge in [-0.15, -0.1) is 0 Å². The highest BCUT2D eigenvalue weighted by atomic mass is 35.5. The van der Waals surface area contributed by atoms with Crippen LogP contribution in [-0.2, 0) is 14.3 Å². The van der Waals surface area contributed by atoms with Crippen molar-refractivity contribution in [3.8, 4) is 0 Å². The summed E-state index contributed by atoms with van der Waals surface area (Å²) in [5.41, 5.74) is 3.14. The Kier molecular flexibility index (Phi) is 6.22. The average molecular weight is 436 g/mol. The van der Waals surface area contributed by atoms with Gasteiger partial charge in [0.25, 0.3) is 10.1 Å². The van der Waals surface area contributed by atoms with Crippen molar-refractivity contribution in [2.24, 2.45) is 5.92 Å². The van der Waals surface area contributed by atoms with Crippen LogP contribution in [0.5, 0.6) is 0 Å². The van der Waals surface area contributed by atoms with Crippen LogP contribution >= 0.6 is 11.6 Å². The molecule has 4 rings (SSSR count). The molecule has 29 heavy (non-hydrogen) atoms. The Balaban J connectivity index is 1.60. The van der Waals surface area contributed by atoms with Crippen LogP contribution in [0.4, 0.5) is 0 Å². The molecule has 158 valence electrons. The quantitative estimate of drug-likeness (QED) is 0.574. The summed E-state index contributed by atoms with van der Waals surface area (Å²) in [6.07, 6.45) is 11.4. The summed E-state index contributed by atoms with van der Waals surface area (Å²) < 4.78 is 29.5. The van der Waals surface area contributed by atoms with Crippen molar-refractivity contribution in [3.63, 3.8) is 0 Å². The summed E-state index contributed by atoms with van der Waals surface area (Å²) in [7, 11) is -3.60. The van der Waals surface area contributed by atoms with Crippen molar-refractivity contribution in [2.75, 3.05) is 12.8 Å². The summed E-state index contributed by atoms with van der Waals surface area (Å²) in [5, 5.41) is 0.784. The average Bonchev–Trinajstić information content (AvgIpc) is 3.10. The van der Waals surface area contributed by atoms with Gasteiger partial charge in [0.15, 0.2) is 0 Å². The molecule has 1 aromatic carbocycles. The maximum Gasteiger partial charge on any atom is 0.265 e. The maximum absolute atomic E-state index is 12.0. The topological polar surface area (TPSA) is 46.6 Å². The summed E-state index contributed by atoms with van der Waals surface area (Å²) in [6.45, 7) is 3.25. The fourth-order valence-corrected chi connectivity index (χ4v) is 6.03. The number of hydrogen-bond acceptors (Lipinski definition) is 4. The fraction of sp³-hybridized carbons (Fsp3) is 0.565. The highest BCUT2D eigenvalue weighted by molar-refractivity contribution is 7.86. The van der Waals surface area contributed by atoms with E-state index in [4.69, 9.17) is 15.8 Å². The van der Waals surface area contributed by atoms with E-state index in [0.717, 1.165) is 28.5 Å². The zero-order valence-electron chi connectivity index (χ0n) is 17.2. The van der Waals surface area contributed by atoms with Crippen LogP contribution < -0.4 is 0 Å². The largest absolute Gasteiger partial charge is 0.293 e. The minimum absolute atomic E-state index is 0.128. The monoisotopic (exact) mass is 435 g/mol. The fourth-order valence-electron chi connectivity index (χ4n) is 5.16. The molecule has 1 aliphatic carbocycles. The summed E-state index contributed by atoms with van der Waals surface area (Å²) in [4.78, 5) is 2.67.